The summed E-state index contributed by atoms with van der Waals surface area (Å²) in [6, 6.07) is 0. The Morgan fingerprint density at radius 2 is 1.65 bits per heavy atom. The van der Waals surface area contributed by atoms with Crippen LogP contribution in [-0.2, 0) is 5.54 Å². The first kappa shape index (κ1) is 17.6. The second-order valence-corrected chi connectivity index (χ2v) is 6.65. The number of nitrogens with zero attached hydrogens (tertiary/aromatic N) is 2. The van der Waals surface area contributed by atoms with Gasteiger partial charge in [0.15, 0.2) is 0 Å². The summed E-state index contributed by atoms with van der Waals surface area (Å²) in [5.41, 5.74) is 1.16. The van der Waals surface area contributed by atoms with Gasteiger partial charge in [-0.1, -0.05) is 70.4 Å². The molecule has 0 bridgehead atoms. The van der Waals surface area contributed by atoms with Crippen molar-refractivity contribution in [2.45, 2.75) is 91.0 Å². The fourth-order valence-electron chi connectivity index (χ4n) is 2.80. The summed E-state index contributed by atoms with van der Waals surface area (Å²) in [6.45, 7) is 8.86. The first-order valence-corrected chi connectivity index (χ1v) is 8.63. The molecule has 1 unspecified atom stereocenters. The van der Waals surface area contributed by atoms with Crippen molar-refractivity contribution in [2.24, 2.45) is 0 Å². The number of rotatable bonds is 10. The molecule has 20 heavy (non-hydrogen) atoms. The molecule has 0 aromatic carbocycles. The summed E-state index contributed by atoms with van der Waals surface area (Å²) in [7, 11) is 0. The van der Waals surface area contributed by atoms with E-state index in [2.05, 4.69) is 30.6 Å². The predicted octanol–water partition coefficient (Wildman–Crippen LogP) is 6.11. The molecular weight excluding hydrogens is 268 g/mol. The lowest BCUT2D eigenvalue weighted by molar-refractivity contribution is 0.229. The van der Waals surface area contributed by atoms with E-state index in [0.717, 1.165) is 17.1 Å². The number of aromatic nitrogens is 2. The van der Waals surface area contributed by atoms with Crippen LogP contribution in [0.15, 0.2) is 6.20 Å². The Morgan fingerprint density at radius 3 is 2.20 bits per heavy atom. The van der Waals surface area contributed by atoms with E-state index in [1.165, 1.54) is 51.4 Å². The molecule has 1 aromatic heterocycles. The molecule has 0 spiro atoms. The zero-order valence-electron chi connectivity index (χ0n) is 13.7. The van der Waals surface area contributed by atoms with Crippen molar-refractivity contribution in [3.63, 3.8) is 0 Å². The maximum atomic E-state index is 6.44. The maximum Gasteiger partial charge on any atom is 0.130 e. The van der Waals surface area contributed by atoms with Crippen LogP contribution in [0.4, 0.5) is 0 Å². The van der Waals surface area contributed by atoms with E-state index in [0.29, 0.717) is 0 Å². The number of hydrogen-bond donors (Lipinski definition) is 0. The highest BCUT2D eigenvalue weighted by Gasteiger charge is 2.28. The second kappa shape index (κ2) is 8.71. The smallest absolute Gasteiger partial charge is 0.130 e. The van der Waals surface area contributed by atoms with Crippen LogP contribution < -0.4 is 0 Å². The molecule has 0 saturated heterocycles. The first-order chi connectivity index (χ1) is 9.55. The largest absolute Gasteiger partial charge is 0.248 e. The fourth-order valence-corrected chi connectivity index (χ4v) is 3.09. The third-order valence-corrected chi connectivity index (χ3v) is 4.74. The number of halogens is 1. The molecular formula is C17H31ClN2. The van der Waals surface area contributed by atoms with Crippen LogP contribution in [0.1, 0.15) is 84.1 Å². The normalized spacial score (nSPS) is 14.4. The lowest BCUT2D eigenvalue weighted by Crippen LogP contribution is -2.31. The van der Waals surface area contributed by atoms with Crippen LogP contribution in [0.2, 0.25) is 5.15 Å². The van der Waals surface area contributed by atoms with E-state index in [4.69, 9.17) is 11.6 Å². The first-order valence-electron chi connectivity index (χ1n) is 8.25. The maximum absolute atomic E-state index is 6.44. The molecule has 116 valence electrons. The summed E-state index contributed by atoms with van der Waals surface area (Å²) in [5.74, 6) is 0. The van der Waals surface area contributed by atoms with Gasteiger partial charge in [-0.05, 0) is 26.7 Å². The van der Waals surface area contributed by atoms with Gasteiger partial charge in [-0.3, -0.25) is 0 Å². The molecule has 0 aliphatic carbocycles. The van der Waals surface area contributed by atoms with Crippen molar-refractivity contribution >= 4 is 11.6 Å². The summed E-state index contributed by atoms with van der Waals surface area (Å²) in [6.07, 6.45) is 13.3. The summed E-state index contributed by atoms with van der Waals surface area (Å²) in [4.78, 5) is 0. The van der Waals surface area contributed by atoms with E-state index < -0.39 is 0 Å². The molecule has 0 aliphatic heterocycles. The number of hydrogen-bond acceptors (Lipinski definition) is 1. The minimum atomic E-state index is 0.0770. The topological polar surface area (TPSA) is 17.8 Å². The van der Waals surface area contributed by atoms with Gasteiger partial charge < -0.3 is 0 Å². The Bertz CT molecular complexity index is 386. The Kier molecular flexibility index (Phi) is 7.65. The van der Waals surface area contributed by atoms with Gasteiger partial charge in [0.05, 0.1) is 11.7 Å². The lowest BCUT2D eigenvalue weighted by atomic mass is 9.88. The Morgan fingerprint density at radius 1 is 1.05 bits per heavy atom. The lowest BCUT2D eigenvalue weighted by Gasteiger charge is -2.31. The molecule has 1 atom stereocenters. The highest BCUT2D eigenvalue weighted by molar-refractivity contribution is 6.30. The van der Waals surface area contributed by atoms with Crippen molar-refractivity contribution in [1.82, 2.24) is 9.78 Å². The van der Waals surface area contributed by atoms with Crippen molar-refractivity contribution in [2.75, 3.05) is 0 Å². The molecule has 0 saturated carbocycles. The van der Waals surface area contributed by atoms with Crippen LogP contribution >= 0.6 is 11.6 Å². The Labute approximate surface area is 129 Å². The average Bonchev–Trinajstić information content (AvgIpc) is 2.77. The Hall–Kier alpha value is -0.500. The van der Waals surface area contributed by atoms with Gasteiger partial charge in [0.1, 0.15) is 5.15 Å². The molecule has 1 heterocycles. The van der Waals surface area contributed by atoms with Gasteiger partial charge in [0.25, 0.3) is 0 Å². The van der Waals surface area contributed by atoms with E-state index in [1.54, 1.807) is 0 Å². The zero-order valence-corrected chi connectivity index (χ0v) is 14.5. The average molecular weight is 299 g/mol. The van der Waals surface area contributed by atoms with Crippen molar-refractivity contribution in [3.8, 4) is 0 Å². The zero-order chi connectivity index (χ0) is 15.0. The van der Waals surface area contributed by atoms with Crippen molar-refractivity contribution in [1.29, 1.82) is 0 Å². The molecule has 0 N–H and O–H groups in total. The summed E-state index contributed by atoms with van der Waals surface area (Å²) >= 11 is 6.44. The number of unbranched alkanes of at least 4 members (excludes halogenated alkanes) is 5. The molecule has 3 heteroatoms. The summed E-state index contributed by atoms with van der Waals surface area (Å²) < 4.78 is 2.07. The van der Waals surface area contributed by atoms with E-state index in [9.17, 15) is 0 Å². The highest BCUT2D eigenvalue weighted by Crippen LogP contribution is 2.33. The van der Waals surface area contributed by atoms with Gasteiger partial charge in [-0.25, -0.2) is 4.68 Å². The molecule has 2 nitrogen and oxygen atoms in total. The van der Waals surface area contributed by atoms with E-state index in [1.807, 2.05) is 13.1 Å². The predicted molar refractivity (Wildman–Crippen MR) is 88.5 cm³/mol. The van der Waals surface area contributed by atoms with E-state index in [-0.39, 0.29) is 5.54 Å². The Balaban J connectivity index is 2.68. The third kappa shape index (κ3) is 4.80. The van der Waals surface area contributed by atoms with Crippen LogP contribution in [-0.4, -0.2) is 9.78 Å². The monoisotopic (exact) mass is 298 g/mol. The van der Waals surface area contributed by atoms with Crippen molar-refractivity contribution in [3.05, 3.63) is 16.9 Å². The number of aryl methyl sites for hydroxylation is 1. The molecule has 0 fully saturated rings. The highest BCUT2D eigenvalue weighted by atomic mass is 35.5. The van der Waals surface area contributed by atoms with Gasteiger partial charge in [-0.15, -0.1) is 0 Å². The fraction of sp³-hybridized carbons (Fsp3) is 0.824. The van der Waals surface area contributed by atoms with Crippen LogP contribution in [0, 0.1) is 6.92 Å². The third-order valence-electron chi connectivity index (χ3n) is 4.28. The van der Waals surface area contributed by atoms with Crippen LogP contribution in [0.5, 0.6) is 0 Å². The minimum absolute atomic E-state index is 0.0770. The van der Waals surface area contributed by atoms with Crippen LogP contribution in [0.3, 0.4) is 0 Å². The van der Waals surface area contributed by atoms with Gasteiger partial charge in [0.2, 0.25) is 0 Å². The summed E-state index contributed by atoms with van der Waals surface area (Å²) in [5, 5.41) is 5.36. The van der Waals surface area contributed by atoms with Gasteiger partial charge in [0, 0.05) is 5.56 Å². The standard InChI is InChI=1S/C17H31ClN2/c1-5-7-9-10-11-13-17(4,12-8-6-2)20-16(18)15(3)14-19-20/h14H,5-13H2,1-4H3. The van der Waals surface area contributed by atoms with E-state index >= 15 is 0 Å². The molecule has 0 amide bonds. The molecule has 1 rings (SSSR count). The van der Waals surface area contributed by atoms with Gasteiger partial charge in [-0.2, -0.15) is 5.10 Å². The quantitative estimate of drug-likeness (QED) is 0.476. The molecule has 0 radical (unpaired) electrons. The SMILES string of the molecule is CCCCCCCC(C)(CCCC)n1ncc(C)c1Cl. The minimum Gasteiger partial charge on any atom is -0.248 e. The molecule has 1 aromatic rings. The van der Waals surface area contributed by atoms with Crippen LogP contribution in [0.25, 0.3) is 0 Å². The molecule has 0 aliphatic rings. The van der Waals surface area contributed by atoms with Crippen molar-refractivity contribution < 1.29 is 0 Å². The van der Waals surface area contributed by atoms with Gasteiger partial charge >= 0.3 is 0 Å². The second-order valence-electron chi connectivity index (χ2n) is 6.29.